The largest absolute Gasteiger partial charge is 0.305 e. The molecule has 0 amide bonds. The zero-order chi connectivity index (χ0) is 13.0. The van der Waals surface area contributed by atoms with Crippen molar-refractivity contribution >= 4 is 22.9 Å². The summed E-state index contributed by atoms with van der Waals surface area (Å²) in [5.74, 6) is 0. The fourth-order valence-corrected chi connectivity index (χ4v) is 3.10. The van der Waals surface area contributed by atoms with E-state index in [1.165, 1.54) is 16.0 Å². The molecule has 0 fully saturated rings. The lowest BCUT2D eigenvalue weighted by Crippen LogP contribution is -2.18. The highest BCUT2D eigenvalue weighted by Gasteiger charge is 2.07. The molecule has 1 atom stereocenters. The Kier molecular flexibility index (Phi) is 4.81. The lowest BCUT2D eigenvalue weighted by Gasteiger charge is -2.14. The smallest absolute Gasteiger partial charge is 0.0409 e. The topological polar surface area (TPSA) is 12.0 Å². The van der Waals surface area contributed by atoms with Crippen LogP contribution in [-0.4, -0.2) is 0 Å². The first kappa shape index (κ1) is 13.6. The van der Waals surface area contributed by atoms with Crippen LogP contribution in [0.5, 0.6) is 0 Å². The highest BCUT2D eigenvalue weighted by Crippen LogP contribution is 2.20. The second-order valence-electron chi connectivity index (χ2n) is 4.38. The normalized spacial score (nSPS) is 12.6. The van der Waals surface area contributed by atoms with Crippen molar-refractivity contribution in [3.8, 4) is 0 Å². The molecule has 2 aromatic rings. The second-order valence-corrected chi connectivity index (χ2v) is 5.82. The van der Waals surface area contributed by atoms with Crippen molar-refractivity contribution in [3.63, 3.8) is 0 Å². The van der Waals surface area contributed by atoms with Gasteiger partial charge in [-0.05, 0) is 48.1 Å². The Morgan fingerprint density at radius 2 is 2.17 bits per heavy atom. The van der Waals surface area contributed by atoms with Crippen molar-refractivity contribution in [1.82, 2.24) is 5.32 Å². The van der Waals surface area contributed by atoms with Crippen LogP contribution in [0.25, 0.3) is 0 Å². The Bertz CT molecular complexity index is 507. The molecule has 0 bridgehead atoms. The molecule has 1 nitrogen and oxygen atoms in total. The zero-order valence-corrected chi connectivity index (χ0v) is 12.3. The number of nitrogens with one attached hydrogen (secondary N) is 1. The van der Waals surface area contributed by atoms with Gasteiger partial charge in [-0.15, -0.1) is 11.3 Å². The maximum Gasteiger partial charge on any atom is 0.0409 e. The lowest BCUT2D eigenvalue weighted by molar-refractivity contribution is 0.577. The van der Waals surface area contributed by atoms with Crippen molar-refractivity contribution in [1.29, 1.82) is 0 Å². The van der Waals surface area contributed by atoms with Crippen molar-refractivity contribution in [3.05, 3.63) is 56.7 Å². The van der Waals surface area contributed by atoms with Crippen LogP contribution in [0.15, 0.2) is 35.7 Å². The molecule has 1 aromatic heterocycles. The average molecular weight is 280 g/mol. The molecule has 0 saturated heterocycles. The first-order valence-corrected chi connectivity index (χ1v) is 7.50. The SMILES string of the molecule is CCc1ccsc1CNC(C)c1cccc(Cl)c1. The van der Waals surface area contributed by atoms with E-state index in [0.717, 1.165) is 18.0 Å². The molecule has 3 heteroatoms. The van der Waals surface area contributed by atoms with Gasteiger partial charge in [-0.25, -0.2) is 0 Å². The Morgan fingerprint density at radius 3 is 2.89 bits per heavy atom. The first-order chi connectivity index (χ1) is 8.70. The molecule has 96 valence electrons. The summed E-state index contributed by atoms with van der Waals surface area (Å²) in [6.45, 7) is 5.30. The van der Waals surface area contributed by atoms with Crippen LogP contribution in [0, 0.1) is 0 Å². The third-order valence-corrected chi connectivity index (χ3v) is 4.33. The van der Waals surface area contributed by atoms with Crippen molar-refractivity contribution < 1.29 is 0 Å². The predicted molar refractivity (Wildman–Crippen MR) is 80.4 cm³/mol. The third-order valence-electron chi connectivity index (χ3n) is 3.14. The molecule has 0 aliphatic heterocycles. The number of hydrogen-bond acceptors (Lipinski definition) is 2. The van der Waals surface area contributed by atoms with E-state index in [-0.39, 0.29) is 0 Å². The fourth-order valence-electron chi connectivity index (χ4n) is 1.98. The highest BCUT2D eigenvalue weighted by molar-refractivity contribution is 7.10. The van der Waals surface area contributed by atoms with Crippen LogP contribution < -0.4 is 5.32 Å². The Labute approximate surface area is 118 Å². The van der Waals surface area contributed by atoms with E-state index >= 15 is 0 Å². The number of benzene rings is 1. The first-order valence-electron chi connectivity index (χ1n) is 6.24. The number of thiophene rings is 1. The molecule has 0 aliphatic rings. The van der Waals surface area contributed by atoms with Gasteiger partial charge in [-0.2, -0.15) is 0 Å². The van der Waals surface area contributed by atoms with Crippen molar-refractivity contribution in [2.24, 2.45) is 0 Å². The molecule has 0 saturated carbocycles. The van der Waals surface area contributed by atoms with Crippen LogP contribution in [0.3, 0.4) is 0 Å². The highest BCUT2D eigenvalue weighted by atomic mass is 35.5. The van der Waals surface area contributed by atoms with Crippen LogP contribution in [0.4, 0.5) is 0 Å². The monoisotopic (exact) mass is 279 g/mol. The molecule has 1 unspecified atom stereocenters. The van der Waals surface area contributed by atoms with E-state index in [1.54, 1.807) is 0 Å². The molecule has 1 heterocycles. The summed E-state index contributed by atoms with van der Waals surface area (Å²) >= 11 is 7.84. The van der Waals surface area contributed by atoms with Crippen LogP contribution in [0.2, 0.25) is 5.02 Å². The van der Waals surface area contributed by atoms with Gasteiger partial charge in [0.15, 0.2) is 0 Å². The fraction of sp³-hybridized carbons (Fsp3) is 0.333. The maximum absolute atomic E-state index is 6.01. The minimum Gasteiger partial charge on any atom is -0.305 e. The summed E-state index contributed by atoms with van der Waals surface area (Å²) in [6.07, 6.45) is 1.10. The zero-order valence-electron chi connectivity index (χ0n) is 10.7. The van der Waals surface area contributed by atoms with E-state index < -0.39 is 0 Å². The molecule has 0 radical (unpaired) electrons. The van der Waals surface area contributed by atoms with Crippen LogP contribution in [-0.2, 0) is 13.0 Å². The third kappa shape index (κ3) is 3.35. The molecule has 18 heavy (non-hydrogen) atoms. The molecule has 1 aromatic carbocycles. The molecular weight excluding hydrogens is 262 g/mol. The van der Waals surface area contributed by atoms with E-state index in [4.69, 9.17) is 11.6 Å². The summed E-state index contributed by atoms with van der Waals surface area (Å²) < 4.78 is 0. The standard InChI is InChI=1S/C15H18ClNS/c1-3-12-7-8-18-15(12)10-17-11(2)13-5-4-6-14(16)9-13/h4-9,11,17H,3,10H2,1-2H3. The van der Waals surface area contributed by atoms with E-state index in [9.17, 15) is 0 Å². The number of hydrogen-bond donors (Lipinski definition) is 1. The Balaban J connectivity index is 1.98. The van der Waals surface area contributed by atoms with Gasteiger partial charge < -0.3 is 5.32 Å². The van der Waals surface area contributed by atoms with Gasteiger partial charge in [0, 0.05) is 22.5 Å². The quantitative estimate of drug-likeness (QED) is 0.828. The average Bonchev–Trinajstić information content (AvgIpc) is 2.83. The number of aryl methyl sites for hydroxylation is 1. The Hall–Kier alpha value is -0.830. The van der Waals surface area contributed by atoms with Gasteiger partial charge in [0.2, 0.25) is 0 Å². The predicted octanol–water partition coefficient (Wildman–Crippen LogP) is 4.81. The Morgan fingerprint density at radius 1 is 1.33 bits per heavy atom. The second kappa shape index (κ2) is 6.37. The number of rotatable bonds is 5. The minimum atomic E-state index is 0.315. The molecule has 1 N–H and O–H groups in total. The summed E-state index contributed by atoms with van der Waals surface area (Å²) in [5.41, 5.74) is 2.68. The number of halogens is 1. The van der Waals surface area contributed by atoms with Gasteiger partial charge in [0.1, 0.15) is 0 Å². The summed E-state index contributed by atoms with van der Waals surface area (Å²) in [5, 5.41) is 6.52. The van der Waals surface area contributed by atoms with Gasteiger partial charge in [-0.3, -0.25) is 0 Å². The minimum absolute atomic E-state index is 0.315. The van der Waals surface area contributed by atoms with Crippen LogP contribution >= 0.6 is 22.9 Å². The molecule has 2 rings (SSSR count). The van der Waals surface area contributed by atoms with Crippen LogP contribution in [0.1, 0.15) is 35.9 Å². The van der Waals surface area contributed by atoms with Gasteiger partial charge >= 0.3 is 0 Å². The van der Waals surface area contributed by atoms with E-state index in [0.29, 0.717) is 6.04 Å². The summed E-state index contributed by atoms with van der Waals surface area (Å²) in [6, 6.07) is 10.6. The lowest BCUT2D eigenvalue weighted by atomic mass is 10.1. The van der Waals surface area contributed by atoms with Gasteiger partial charge in [0.25, 0.3) is 0 Å². The van der Waals surface area contributed by atoms with Crippen molar-refractivity contribution in [2.45, 2.75) is 32.9 Å². The summed E-state index contributed by atoms with van der Waals surface area (Å²) in [7, 11) is 0. The molecule has 0 aliphatic carbocycles. The van der Waals surface area contributed by atoms with E-state index in [1.807, 2.05) is 29.5 Å². The van der Waals surface area contributed by atoms with Gasteiger partial charge in [0.05, 0.1) is 0 Å². The van der Waals surface area contributed by atoms with Gasteiger partial charge in [-0.1, -0.05) is 30.7 Å². The summed E-state index contributed by atoms with van der Waals surface area (Å²) in [4.78, 5) is 1.44. The van der Waals surface area contributed by atoms with E-state index in [2.05, 4.69) is 36.7 Å². The molecular formula is C15H18ClNS. The maximum atomic E-state index is 6.01. The molecule has 0 spiro atoms. The van der Waals surface area contributed by atoms with Crippen molar-refractivity contribution in [2.75, 3.05) is 0 Å².